The van der Waals surface area contributed by atoms with E-state index in [1.807, 2.05) is 42.5 Å². The molecule has 30 heavy (non-hydrogen) atoms. The predicted octanol–water partition coefficient (Wildman–Crippen LogP) is 5.15. The highest BCUT2D eigenvalue weighted by atomic mass is 32.1. The van der Waals surface area contributed by atoms with Crippen LogP contribution in [0.5, 0.6) is 0 Å². The molecule has 0 bridgehead atoms. The molecule has 8 heteroatoms. The summed E-state index contributed by atoms with van der Waals surface area (Å²) in [6.07, 6.45) is 0.246. The molecular weight excluding hydrogens is 412 g/mol. The summed E-state index contributed by atoms with van der Waals surface area (Å²) in [6, 6.07) is 19.7. The molecule has 0 saturated heterocycles. The van der Waals surface area contributed by atoms with Gasteiger partial charge in [0.1, 0.15) is 21.9 Å². The fourth-order valence-corrected chi connectivity index (χ4v) is 5.22. The SMILES string of the molecule is N#CCc1nc2c(-c3nc(N)c(-c4nc5ccccc5s4)cc3C#N)cccc2s1. The van der Waals surface area contributed by atoms with Crippen molar-refractivity contribution in [2.75, 3.05) is 5.73 Å². The zero-order chi connectivity index (χ0) is 20.7. The number of aromatic nitrogens is 3. The van der Waals surface area contributed by atoms with Crippen molar-refractivity contribution in [1.82, 2.24) is 15.0 Å². The molecule has 3 heterocycles. The van der Waals surface area contributed by atoms with Crippen LogP contribution in [0.4, 0.5) is 5.82 Å². The highest BCUT2D eigenvalue weighted by Crippen LogP contribution is 2.38. The monoisotopic (exact) mass is 424 g/mol. The Morgan fingerprint density at radius 2 is 1.73 bits per heavy atom. The van der Waals surface area contributed by atoms with E-state index in [0.717, 1.165) is 36.0 Å². The number of nitrogens with two attached hydrogens (primary N) is 1. The lowest BCUT2D eigenvalue weighted by Gasteiger charge is -2.09. The molecule has 6 nitrogen and oxygen atoms in total. The summed E-state index contributed by atoms with van der Waals surface area (Å²) < 4.78 is 1.99. The molecule has 5 rings (SSSR count). The third-order valence-corrected chi connectivity index (χ3v) is 6.74. The molecule has 5 aromatic rings. The third-order valence-electron chi connectivity index (χ3n) is 4.65. The molecule has 0 saturated carbocycles. The number of fused-ring (bicyclic) bond motifs is 2. The molecule has 0 spiro atoms. The van der Waals surface area contributed by atoms with Crippen molar-refractivity contribution in [2.24, 2.45) is 0 Å². The molecule has 0 atom stereocenters. The molecule has 0 unspecified atom stereocenters. The van der Waals surface area contributed by atoms with Crippen LogP contribution in [0.2, 0.25) is 0 Å². The lowest BCUT2D eigenvalue weighted by Crippen LogP contribution is -1.99. The first-order valence-electron chi connectivity index (χ1n) is 9.00. The summed E-state index contributed by atoms with van der Waals surface area (Å²) in [5.74, 6) is 0.313. The van der Waals surface area contributed by atoms with Crippen molar-refractivity contribution in [2.45, 2.75) is 6.42 Å². The standard InChI is InChI=1S/C22H12N6S2/c23-9-8-18-27-20-13(4-3-7-17(20)29-18)19-12(11-24)10-14(21(25)28-19)22-26-15-5-1-2-6-16(15)30-22/h1-7,10H,8H2,(H2,25,28). The van der Waals surface area contributed by atoms with Crippen molar-refractivity contribution < 1.29 is 0 Å². The Bertz CT molecular complexity index is 1480. The number of hydrogen-bond donors (Lipinski definition) is 1. The van der Waals surface area contributed by atoms with Gasteiger partial charge in [-0.2, -0.15) is 10.5 Å². The second-order valence-electron chi connectivity index (χ2n) is 6.51. The number of nitriles is 2. The normalized spacial score (nSPS) is 10.9. The zero-order valence-electron chi connectivity index (χ0n) is 15.5. The second-order valence-corrected chi connectivity index (χ2v) is 8.66. The summed E-state index contributed by atoms with van der Waals surface area (Å²) >= 11 is 2.98. The number of nitrogens with zero attached hydrogens (tertiary/aromatic N) is 5. The summed E-state index contributed by atoms with van der Waals surface area (Å²) in [7, 11) is 0. The maximum atomic E-state index is 9.83. The summed E-state index contributed by atoms with van der Waals surface area (Å²) in [5, 5.41) is 20.3. The van der Waals surface area contributed by atoms with Crippen LogP contribution in [-0.2, 0) is 6.42 Å². The third kappa shape index (κ3) is 2.96. The van der Waals surface area contributed by atoms with Gasteiger partial charge in [-0.15, -0.1) is 22.7 Å². The maximum absolute atomic E-state index is 9.83. The highest BCUT2D eigenvalue weighted by Gasteiger charge is 2.19. The van der Waals surface area contributed by atoms with Gasteiger partial charge >= 0.3 is 0 Å². The molecule has 0 amide bonds. The van der Waals surface area contributed by atoms with E-state index in [4.69, 9.17) is 11.0 Å². The number of rotatable bonds is 3. The summed E-state index contributed by atoms with van der Waals surface area (Å²) in [5.41, 5.74) is 10.2. The van der Waals surface area contributed by atoms with Gasteiger partial charge in [0.05, 0.1) is 49.7 Å². The van der Waals surface area contributed by atoms with E-state index in [0.29, 0.717) is 22.6 Å². The first-order chi connectivity index (χ1) is 14.7. The molecule has 2 aromatic carbocycles. The molecule has 2 N–H and O–H groups in total. The van der Waals surface area contributed by atoms with Crippen molar-refractivity contribution in [3.8, 4) is 34.0 Å². The van der Waals surface area contributed by atoms with E-state index >= 15 is 0 Å². The molecule has 142 valence electrons. The van der Waals surface area contributed by atoms with Gasteiger partial charge in [-0.25, -0.2) is 15.0 Å². The topological polar surface area (TPSA) is 112 Å². The molecule has 3 aromatic heterocycles. The van der Waals surface area contributed by atoms with Crippen LogP contribution in [0, 0.1) is 22.7 Å². The first kappa shape index (κ1) is 18.2. The van der Waals surface area contributed by atoms with Crippen LogP contribution in [-0.4, -0.2) is 15.0 Å². The van der Waals surface area contributed by atoms with Gasteiger partial charge in [-0.05, 0) is 24.3 Å². The van der Waals surface area contributed by atoms with Gasteiger partial charge in [0.2, 0.25) is 0 Å². The Morgan fingerprint density at radius 3 is 2.53 bits per heavy atom. The number of anilines is 1. The number of pyridine rings is 1. The number of nitrogen functional groups attached to an aromatic ring is 1. The van der Waals surface area contributed by atoms with E-state index in [2.05, 4.69) is 27.1 Å². The fraction of sp³-hybridized carbons (Fsp3) is 0.0455. The van der Waals surface area contributed by atoms with Crippen LogP contribution in [0.25, 0.3) is 42.3 Å². The van der Waals surface area contributed by atoms with E-state index in [-0.39, 0.29) is 6.42 Å². The fourth-order valence-electron chi connectivity index (χ4n) is 3.31. The quantitative estimate of drug-likeness (QED) is 0.428. The highest BCUT2D eigenvalue weighted by molar-refractivity contribution is 7.21. The van der Waals surface area contributed by atoms with Crippen LogP contribution in [0.1, 0.15) is 10.6 Å². The van der Waals surface area contributed by atoms with Crippen LogP contribution in [0.3, 0.4) is 0 Å². The van der Waals surface area contributed by atoms with Gasteiger partial charge in [0.15, 0.2) is 0 Å². The van der Waals surface area contributed by atoms with Crippen molar-refractivity contribution in [3.63, 3.8) is 0 Å². The van der Waals surface area contributed by atoms with Gasteiger partial charge in [-0.3, -0.25) is 0 Å². The zero-order valence-corrected chi connectivity index (χ0v) is 17.1. The van der Waals surface area contributed by atoms with Crippen molar-refractivity contribution >= 4 is 48.9 Å². The van der Waals surface area contributed by atoms with E-state index in [1.165, 1.54) is 22.7 Å². The van der Waals surface area contributed by atoms with Crippen molar-refractivity contribution in [3.05, 3.63) is 59.1 Å². The minimum Gasteiger partial charge on any atom is -0.383 e. The molecular formula is C22H12N6S2. The average Bonchev–Trinajstić information content (AvgIpc) is 3.37. The number of benzene rings is 2. The Hall–Kier alpha value is -3.85. The van der Waals surface area contributed by atoms with Crippen LogP contribution in [0.15, 0.2) is 48.5 Å². The smallest absolute Gasteiger partial charge is 0.134 e. The Balaban J connectivity index is 1.69. The Morgan fingerprint density at radius 1 is 0.900 bits per heavy atom. The Labute approximate surface area is 179 Å². The predicted molar refractivity (Wildman–Crippen MR) is 120 cm³/mol. The van der Waals surface area contributed by atoms with E-state index < -0.39 is 0 Å². The van der Waals surface area contributed by atoms with Gasteiger partial charge in [-0.1, -0.05) is 24.3 Å². The minimum absolute atomic E-state index is 0.246. The first-order valence-corrected chi connectivity index (χ1v) is 10.6. The van der Waals surface area contributed by atoms with Gasteiger partial charge in [0, 0.05) is 5.56 Å². The van der Waals surface area contributed by atoms with Gasteiger partial charge in [0.25, 0.3) is 0 Å². The number of hydrogen-bond acceptors (Lipinski definition) is 8. The second kappa shape index (κ2) is 7.20. The molecule has 0 fully saturated rings. The van der Waals surface area contributed by atoms with Crippen LogP contribution < -0.4 is 5.73 Å². The lowest BCUT2D eigenvalue weighted by atomic mass is 10.0. The van der Waals surface area contributed by atoms with E-state index in [9.17, 15) is 5.26 Å². The molecule has 0 radical (unpaired) electrons. The average molecular weight is 425 g/mol. The van der Waals surface area contributed by atoms with Crippen LogP contribution >= 0.6 is 22.7 Å². The maximum Gasteiger partial charge on any atom is 0.134 e. The molecule has 0 aliphatic heterocycles. The van der Waals surface area contributed by atoms with E-state index in [1.54, 1.807) is 6.07 Å². The number of thiazole rings is 2. The molecule has 0 aliphatic carbocycles. The van der Waals surface area contributed by atoms with Gasteiger partial charge < -0.3 is 5.73 Å². The lowest BCUT2D eigenvalue weighted by molar-refractivity contribution is 1.21. The summed E-state index contributed by atoms with van der Waals surface area (Å²) in [6.45, 7) is 0. The van der Waals surface area contributed by atoms with Crippen molar-refractivity contribution in [1.29, 1.82) is 10.5 Å². The Kier molecular flexibility index (Phi) is 4.36. The summed E-state index contributed by atoms with van der Waals surface area (Å²) in [4.78, 5) is 13.8. The number of para-hydroxylation sites is 2. The minimum atomic E-state index is 0.246. The largest absolute Gasteiger partial charge is 0.383 e. The molecule has 0 aliphatic rings.